The topological polar surface area (TPSA) is 53.3 Å². The minimum Gasteiger partial charge on any atom is -0.444 e. The second-order valence-electron chi connectivity index (χ2n) is 6.22. The minimum atomic E-state index is -0.493. The number of hydrogen-bond acceptors (Lipinski definition) is 3. The fraction of sp³-hybridized carbons (Fsp3) is 0.846. The molecule has 4 nitrogen and oxygen atoms in total. The summed E-state index contributed by atoms with van der Waals surface area (Å²) < 4.78 is 5.41. The zero-order chi connectivity index (χ0) is 13.3. The zero-order valence-corrected chi connectivity index (χ0v) is 11.4. The molecule has 0 spiro atoms. The van der Waals surface area contributed by atoms with Crippen molar-refractivity contribution in [1.29, 1.82) is 5.26 Å². The summed E-state index contributed by atoms with van der Waals surface area (Å²) in [4.78, 5) is 13.9. The predicted molar refractivity (Wildman–Crippen MR) is 65.4 cm³/mol. The SMILES string of the molecule is CC(C)(C)OC(=O)N1C(CC#N)CCC1(C)C. The van der Waals surface area contributed by atoms with E-state index in [-0.39, 0.29) is 17.7 Å². The molecule has 17 heavy (non-hydrogen) atoms. The lowest BCUT2D eigenvalue weighted by Crippen LogP contribution is -2.49. The van der Waals surface area contributed by atoms with Crippen molar-refractivity contribution in [3.8, 4) is 6.07 Å². The van der Waals surface area contributed by atoms with Gasteiger partial charge in [-0.3, -0.25) is 4.90 Å². The molecule has 0 saturated carbocycles. The van der Waals surface area contributed by atoms with Crippen LogP contribution in [0, 0.1) is 11.3 Å². The van der Waals surface area contributed by atoms with Gasteiger partial charge >= 0.3 is 6.09 Å². The van der Waals surface area contributed by atoms with Crippen molar-refractivity contribution in [3.63, 3.8) is 0 Å². The Labute approximate surface area is 104 Å². The van der Waals surface area contributed by atoms with Crippen LogP contribution < -0.4 is 0 Å². The number of rotatable bonds is 1. The van der Waals surface area contributed by atoms with Gasteiger partial charge < -0.3 is 4.74 Å². The molecule has 1 unspecified atom stereocenters. The minimum absolute atomic E-state index is 0.00940. The van der Waals surface area contributed by atoms with Crippen molar-refractivity contribution in [2.75, 3.05) is 0 Å². The van der Waals surface area contributed by atoms with Crippen LogP contribution in [0.25, 0.3) is 0 Å². The summed E-state index contributed by atoms with van der Waals surface area (Å²) in [6.45, 7) is 9.61. The number of nitrogens with zero attached hydrogens (tertiary/aromatic N) is 2. The number of ether oxygens (including phenoxy) is 1. The molecule has 0 aliphatic carbocycles. The number of hydrogen-bond donors (Lipinski definition) is 0. The molecule has 1 heterocycles. The fourth-order valence-electron chi connectivity index (χ4n) is 2.27. The molecule has 1 aliphatic rings. The normalized spacial score (nSPS) is 23.3. The maximum atomic E-state index is 12.2. The molecule has 0 aromatic heterocycles. The van der Waals surface area contributed by atoms with Crippen LogP contribution in [0.5, 0.6) is 0 Å². The molecular weight excluding hydrogens is 216 g/mol. The van der Waals surface area contributed by atoms with Crippen LogP contribution in [0.1, 0.15) is 53.9 Å². The average molecular weight is 238 g/mol. The molecule has 1 atom stereocenters. The first-order chi connectivity index (χ1) is 7.67. The highest BCUT2D eigenvalue weighted by Gasteiger charge is 2.44. The highest BCUT2D eigenvalue weighted by molar-refractivity contribution is 5.70. The summed E-state index contributed by atoms with van der Waals surface area (Å²) in [5, 5.41) is 8.80. The maximum absolute atomic E-state index is 12.2. The van der Waals surface area contributed by atoms with Crippen molar-refractivity contribution in [3.05, 3.63) is 0 Å². The van der Waals surface area contributed by atoms with Gasteiger partial charge in [0.25, 0.3) is 0 Å². The van der Waals surface area contributed by atoms with E-state index in [0.717, 1.165) is 12.8 Å². The molecular formula is C13H22N2O2. The molecule has 4 heteroatoms. The molecule has 1 aliphatic heterocycles. The Kier molecular flexibility index (Phi) is 3.71. The Morgan fingerprint density at radius 1 is 1.53 bits per heavy atom. The third-order valence-corrected chi connectivity index (χ3v) is 3.02. The number of nitriles is 1. The van der Waals surface area contributed by atoms with E-state index in [4.69, 9.17) is 10.00 Å². The summed E-state index contributed by atoms with van der Waals surface area (Å²) in [5.74, 6) is 0. The average Bonchev–Trinajstić information content (AvgIpc) is 2.39. The smallest absolute Gasteiger partial charge is 0.411 e. The van der Waals surface area contributed by atoms with Crippen LogP contribution >= 0.6 is 0 Å². The zero-order valence-electron chi connectivity index (χ0n) is 11.4. The fourth-order valence-corrected chi connectivity index (χ4v) is 2.27. The quantitative estimate of drug-likeness (QED) is 0.705. The van der Waals surface area contributed by atoms with Gasteiger partial charge in [0.2, 0.25) is 0 Å². The first kappa shape index (κ1) is 13.8. The van der Waals surface area contributed by atoms with E-state index in [1.54, 1.807) is 4.90 Å². The third-order valence-electron chi connectivity index (χ3n) is 3.02. The lowest BCUT2D eigenvalue weighted by Gasteiger charge is -2.36. The largest absolute Gasteiger partial charge is 0.444 e. The Bertz CT molecular complexity index is 336. The summed E-state index contributed by atoms with van der Waals surface area (Å²) in [6.07, 6.45) is 1.86. The number of carbonyl (C=O) groups excluding carboxylic acids is 1. The first-order valence-corrected chi connectivity index (χ1v) is 6.06. The van der Waals surface area contributed by atoms with E-state index >= 15 is 0 Å². The van der Waals surface area contributed by atoms with E-state index in [1.165, 1.54) is 0 Å². The second-order valence-corrected chi connectivity index (χ2v) is 6.22. The Hall–Kier alpha value is -1.24. The van der Waals surface area contributed by atoms with E-state index in [1.807, 2.05) is 34.6 Å². The molecule has 1 rings (SSSR count). The number of amides is 1. The highest BCUT2D eigenvalue weighted by atomic mass is 16.6. The van der Waals surface area contributed by atoms with Crippen molar-refractivity contribution in [1.82, 2.24) is 4.90 Å². The first-order valence-electron chi connectivity index (χ1n) is 6.06. The van der Waals surface area contributed by atoms with Gasteiger partial charge in [0.05, 0.1) is 12.5 Å². The van der Waals surface area contributed by atoms with Crippen molar-refractivity contribution >= 4 is 6.09 Å². The van der Waals surface area contributed by atoms with Gasteiger partial charge in [-0.15, -0.1) is 0 Å². The third kappa shape index (κ3) is 3.36. The summed E-state index contributed by atoms with van der Waals surface area (Å²) in [6, 6.07) is 2.14. The summed E-state index contributed by atoms with van der Waals surface area (Å²) >= 11 is 0. The van der Waals surface area contributed by atoms with Crippen LogP contribution in [0.15, 0.2) is 0 Å². The van der Waals surface area contributed by atoms with Gasteiger partial charge in [0.1, 0.15) is 5.60 Å². The molecule has 1 amide bonds. The van der Waals surface area contributed by atoms with E-state index < -0.39 is 5.60 Å². The van der Waals surface area contributed by atoms with Crippen LogP contribution in [0.2, 0.25) is 0 Å². The summed E-state index contributed by atoms with van der Waals surface area (Å²) in [5.41, 5.74) is -0.712. The second kappa shape index (κ2) is 4.56. The molecule has 0 bridgehead atoms. The Balaban J connectivity index is 2.83. The van der Waals surface area contributed by atoms with Gasteiger partial charge in [0, 0.05) is 11.6 Å². The van der Waals surface area contributed by atoms with Crippen molar-refractivity contribution in [2.24, 2.45) is 0 Å². The van der Waals surface area contributed by atoms with Gasteiger partial charge in [-0.05, 0) is 47.5 Å². The Morgan fingerprint density at radius 2 is 2.12 bits per heavy atom. The molecule has 0 N–H and O–H groups in total. The van der Waals surface area contributed by atoms with Gasteiger partial charge in [0.15, 0.2) is 0 Å². The van der Waals surface area contributed by atoms with Gasteiger partial charge in [-0.1, -0.05) is 0 Å². The van der Waals surface area contributed by atoms with Crippen LogP contribution in [0.3, 0.4) is 0 Å². The van der Waals surface area contributed by atoms with E-state index in [9.17, 15) is 4.79 Å². The predicted octanol–water partition coefficient (Wildman–Crippen LogP) is 3.08. The molecule has 1 saturated heterocycles. The van der Waals surface area contributed by atoms with Crippen LogP contribution in [-0.2, 0) is 4.74 Å². The number of likely N-dealkylation sites (tertiary alicyclic amines) is 1. The summed E-state index contributed by atoms with van der Waals surface area (Å²) in [7, 11) is 0. The molecule has 96 valence electrons. The standard InChI is InChI=1S/C13H22N2O2/c1-12(2,3)17-11(16)15-10(7-9-14)6-8-13(15,4)5/h10H,6-8H2,1-5H3. The van der Waals surface area contributed by atoms with E-state index in [2.05, 4.69) is 6.07 Å². The van der Waals surface area contributed by atoms with Gasteiger partial charge in [-0.25, -0.2) is 4.79 Å². The molecule has 1 fully saturated rings. The Morgan fingerprint density at radius 3 is 2.59 bits per heavy atom. The molecule has 0 aromatic carbocycles. The maximum Gasteiger partial charge on any atom is 0.411 e. The van der Waals surface area contributed by atoms with Crippen molar-refractivity contribution < 1.29 is 9.53 Å². The van der Waals surface area contributed by atoms with Crippen molar-refractivity contribution in [2.45, 2.75) is 71.1 Å². The highest BCUT2D eigenvalue weighted by Crippen LogP contribution is 2.35. The number of carbonyl (C=O) groups is 1. The lowest BCUT2D eigenvalue weighted by atomic mass is 10.0. The van der Waals surface area contributed by atoms with Crippen LogP contribution in [0.4, 0.5) is 4.79 Å². The molecule has 0 radical (unpaired) electrons. The molecule has 0 aromatic rings. The van der Waals surface area contributed by atoms with Crippen LogP contribution in [-0.4, -0.2) is 28.2 Å². The van der Waals surface area contributed by atoms with E-state index in [0.29, 0.717) is 6.42 Å². The lowest BCUT2D eigenvalue weighted by molar-refractivity contribution is 0.00428. The monoisotopic (exact) mass is 238 g/mol. The van der Waals surface area contributed by atoms with Gasteiger partial charge in [-0.2, -0.15) is 5.26 Å².